The lowest BCUT2D eigenvalue weighted by molar-refractivity contribution is 0.889. The van der Waals surface area contributed by atoms with Crippen LogP contribution in [-0.2, 0) is 0 Å². The van der Waals surface area contributed by atoms with Gasteiger partial charge in [0.15, 0.2) is 0 Å². The minimum Gasteiger partial charge on any atom is -0.320 e. The van der Waals surface area contributed by atoms with Crippen molar-refractivity contribution in [3.05, 3.63) is 55.0 Å². The van der Waals surface area contributed by atoms with Crippen LogP contribution >= 0.6 is 27.3 Å². The van der Waals surface area contributed by atoms with Crippen LogP contribution in [0.4, 0.5) is 0 Å². The number of H-pyrrole nitrogens is 2. The van der Waals surface area contributed by atoms with Gasteiger partial charge < -0.3 is 15.7 Å². The molecule has 3 rings (SSSR count). The average Bonchev–Trinajstić information content (AvgIpc) is 2.94. The van der Waals surface area contributed by atoms with Gasteiger partial charge in [-0.2, -0.15) is 0 Å². The zero-order valence-electron chi connectivity index (χ0n) is 9.24. The van der Waals surface area contributed by atoms with Gasteiger partial charge in [0.2, 0.25) is 0 Å². The molecule has 0 saturated carbocycles. The van der Waals surface area contributed by atoms with Crippen molar-refractivity contribution in [2.75, 3.05) is 0 Å². The van der Waals surface area contributed by atoms with Gasteiger partial charge in [-0.25, -0.2) is 4.79 Å². The van der Waals surface area contributed by atoms with Crippen molar-refractivity contribution in [1.82, 2.24) is 9.97 Å². The van der Waals surface area contributed by atoms with E-state index in [1.54, 1.807) is 11.3 Å². The Balaban J connectivity index is 2.16. The predicted octanol–water partition coefficient (Wildman–Crippen LogP) is 2.73. The van der Waals surface area contributed by atoms with E-state index in [1.165, 1.54) is 0 Å². The van der Waals surface area contributed by atoms with E-state index < -0.39 is 0 Å². The zero-order valence-corrected chi connectivity index (χ0v) is 11.6. The first kappa shape index (κ1) is 11.7. The number of hydrogen-bond donors (Lipinski definition) is 3. The van der Waals surface area contributed by atoms with Crippen molar-refractivity contribution < 1.29 is 0 Å². The summed E-state index contributed by atoms with van der Waals surface area (Å²) < 4.78 is 0.895. The standard InChI is InChI=1S/C12H10BrN3OS/c13-7-5-9-8(15-12(17)16-9)4-6(7)11(14)10-2-1-3-18-10/h1-5,11H,14H2,(H2,15,16,17). The molecule has 0 aliphatic heterocycles. The van der Waals surface area contributed by atoms with Gasteiger partial charge in [-0.15, -0.1) is 11.3 Å². The Labute approximate surface area is 115 Å². The zero-order chi connectivity index (χ0) is 12.7. The lowest BCUT2D eigenvalue weighted by Crippen LogP contribution is -2.10. The minimum absolute atomic E-state index is 0.192. The van der Waals surface area contributed by atoms with Crippen molar-refractivity contribution in [3.8, 4) is 0 Å². The molecule has 2 heterocycles. The van der Waals surface area contributed by atoms with Crippen LogP contribution in [0.5, 0.6) is 0 Å². The maximum Gasteiger partial charge on any atom is 0.323 e. The Bertz CT molecular complexity index is 744. The second kappa shape index (κ2) is 4.38. The minimum atomic E-state index is -0.209. The van der Waals surface area contributed by atoms with Gasteiger partial charge in [-0.1, -0.05) is 22.0 Å². The summed E-state index contributed by atoms with van der Waals surface area (Å²) in [6.45, 7) is 0. The number of imidazole rings is 1. The van der Waals surface area contributed by atoms with Crippen LogP contribution in [0.25, 0.3) is 11.0 Å². The van der Waals surface area contributed by atoms with Crippen molar-refractivity contribution in [2.45, 2.75) is 6.04 Å². The third kappa shape index (κ3) is 1.92. The molecule has 4 N–H and O–H groups in total. The summed E-state index contributed by atoms with van der Waals surface area (Å²) in [6.07, 6.45) is 0. The van der Waals surface area contributed by atoms with E-state index in [9.17, 15) is 4.79 Å². The van der Waals surface area contributed by atoms with E-state index in [1.807, 2.05) is 29.6 Å². The van der Waals surface area contributed by atoms with Crippen LogP contribution in [0.3, 0.4) is 0 Å². The van der Waals surface area contributed by atoms with Gasteiger partial charge >= 0.3 is 5.69 Å². The normalized spacial score (nSPS) is 13.0. The third-order valence-corrected chi connectivity index (χ3v) is 4.46. The highest BCUT2D eigenvalue weighted by molar-refractivity contribution is 9.10. The molecule has 0 aliphatic carbocycles. The van der Waals surface area contributed by atoms with Gasteiger partial charge in [-0.05, 0) is 29.1 Å². The van der Waals surface area contributed by atoms with Crippen molar-refractivity contribution in [2.24, 2.45) is 5.73 Å². The Hall–Kier alpha value is -1.37. The Morgan fingerprint density at radius 1 is 1.28 bits per heavy atom. The maximum atomic E-state index is 11.3. The molecule has 0 aliphatic rings. The van der Waals surface area contributed by atoms with E-state index in [2.05, 4.69) is 25.9 Å². The fraction of sp³-hybridized carbons (Fsp3) is 0.0833. The lowest BCUT2D eigenvalue weighted by atomic mass is 10.1. The molecule has 3 aromatic rings. The van der Waals surface area contributed by atoms with Crippen LogP contribution < -0.4 is 11.4 Å². The van der Waals surface area contributed by atoms with Crippen LogP contribution in [0.1, 0.15) is 16.5 Å². The van der Waals surface area contributed by atoms with Crippen LogP contribution in [0.15, 0.2) is 38.9 Å². The summed E-state index contributed by atoms with van der Waals surface area (Å²) >= 11 is 5.12. The average molecular weight is 324 g/mol. The molecule has 0 amide bonds. The fourth-order valence-electron chi connectivity index (χ4n) is 1.93. The highest BCUT2D eigenvalue weighted by Crippen LogP contribution is 2.31. The van der Waals surface area contributed by atoms with Gasteiger partial charge in [0.25, 0.3) is 0 Å². The molecule has 0 saturated heterocycles. The molecule has 1 atom stereocenters. The molecule has 2 aromatic heterocycles. The number of hydrogen-bond acceptors (Lipinski definition) is 3. The molecule has 0 radical (unpaired) electrons. The van der Waals surface area contributed by atoms with E-state index in [-0.39, 0.29) is 11.7 Å². The highest BCUT2D eigenvalue weighted by atomic mass is 79.9. The number of halogens is 1. The maximum absolute atomic E-state index is 11.3. The van der Waals surface area contributed by atoms with Crippen LogP contribution in [-0.4, -0.2) is 9.97 Å². The van der Waals surface area contributed by atoms with E-state index in [0.29, 0.717) is 0 Å². The largest absolute Gasteiger partial charge is 0.323 e. The van der Waals surface area contributed by atoms with Crippen molar-refractivity contribution >= 4 is 38.3 Å². The van der Waals surface area contributed by atoms with Crippen LogP contribution in [0, 0.1) is 0 Å². The number of aromatic amines is 2. The number of fused-ring (bicyclic) bond motifs is 1. The molecule has 0 fully saturated rings. The summed E-state index contributed by atoms with van der Waals surface area (Å²) in [7, 11) is 0. The highest BCUT2D eigenvalue weighted by Gasteiger charge is 2.15. The second-order valence-electron chi connectivity index (χ2n) is 3.99. The van der Waals surface area contributed by atoms with E-state index in [0.717, 1.165) is 25.9 Å². The smallest absolute Gasteiger partial charge is 0.320 e. The number of aromatic nitrogens is 2. The number of nitrogens with one attached hydrogen (secondary N) is 2. The topological polar surface area (TPSA) is 74.7 Å². The van der Waals surface area contributed by atoms with Gasteiger partial charge in [0.05, 0.1) is 17.1 Å². The molecular formula is C12H10BrN3OS. The SMILES string of the molecule is NC(c1cccs1)c1cc2[nH]c(=O)[nH]c2cc1Br. The van der Waals surface area contributed by atoms with Gasteiger partial charge in [0, 0.05) is 9.35 Å². The molecule has 0 spiro atoms. The second-order valence-corrected chi connectivity index (χ2v) is 5.83. The number of thiophene rings is 1. The van der Waals surface area contributed by atoms with Gasteiger partial charge in [0.1, 0.15) is 0 Å². The monoisotopic (exact) mass is 323 g/mol. The van der Waals surface area contributed by atoms with E-state index >= 15 is 0 Å². The number of benzene rings is 1. The first-order chi connectivity index (χ1) is 8.65. The summed E-state index contributed by atoms with van der Waals surface area (Å²) in [6, 6.07) is 7.57. The number of nitrogens with two attached hydrogens (primary N) is 1. The van der Waals surface area contributed by atoms with E-state index in [4.69, 9.17) is 5.73 Å². The Morgan fingerprint density at radius 2 is 2.00 bits per heavy atom. The fourth-order valence-corrected chi connectivity index (χ4v) is 3.27. The molecular weight excluding hydrogens is 314 g/mol. The first-order valence-corrected chi connectivity index (χ1v) is 7.03. The Morgan fingerprint density at radius 3 is 2.67 bits per heavy atom. The summed E-state index contributed by atoms with van der Waals surface area (Å²) in [5.41, 5.74) is 8.53. The quantitative estimate of drug-likeness (QED) is 0.678. The van der Waals surface area contributed by atoms with Crippen LogP contribution in [0.2, 0.25) is 0 Å². The molecule has 0 bridgehead atoms. The molecule has 18 heavy (non-hydrogen) atoms. The summed E-state index contributed by atoms with van der Waals surface area (Å²) in [4.78, 5) is 17.8. The molecule has 4 nitrogen and oxygen atoms in total. The first-order valence-electron chi connectivity index (χ1n) is 5.35. The molecule has 6 heteroatoms. The summed E-state index contributed by atoms with van der Waals surface area (Å²) in [5.74, 6) is 0. The van der Waals surface area contributed by atoms with Crippen molar-refractivity contribution in [3.63, 3.8) is 0 Å². The Kier molecular flexibility index (Phi) is 2.85. The third-order valence-electron chi connectivity index (χ3n) is 2.82. The molecule has 1 aromatic carbocycles. The number of rotatable bonds is 2. The van der Waals surface area contributed by atoms with Crippen molar-refractivity contribution in [1.29, 1.82) is 0 Å². The molecule has 92 valence electrons. The predicted molar refractivity (Wildman–Crippen MR) is 77.0 cm³/mol. The molecule has 1 unspecified atom stereocenters. The van der Waals surface area contributed by atoms with Gasteiger partial charge in [-0.3, -0.25) is 0 Å². The summed E-state index contributed by atoms with van der Waals surface area (Å²) in [5, 5.41) is 2.00. The lowest BCUT2D eigenvalue weighted by Gasteiger charge is -2.12.